The van der Waals surface area contributed by atoms with Crippen molar-refractivity contribution in [3.8, 4) is 17.1 Å². The number of hydrogen-bond donors (Lipinski definition) is 0. The predicted molar refractivity (Wildman–Crippen MR) is 88.4 cm³/mol. The minimum atomic E-state index is -0.355. The summed E-state index contributed by atoms with van der Waals surface area (Å²) >= 11 is 1.57. The molecule has 0 unspecified atom stereocenters. The zero-order valence-corrected chi connectivity index (χ0v) is 13.5. The fourth-order valence-corrected chi connectivity index (χ4v) is 2.96. The standard InChI is InChI=1S/C17H12FN3O2S/c1-10-19-11(9-24-10)8-22-15-7-6-13-16(21-23-17(13)20-15)12-4-2-3-5-14(12)18/h2-7,9H,8H2,1H3. The second-order valence-electron chi connectivity index (χ2n) is 5.16. The Morgan fingerprint density at radius 2 is 2.04 bits per heavy atom. The number of thiazole rings is 1. The maximum absolute atomic E-state index is 13.9. The predicted octanol–water partition coefficient (Wildman–Crippen LogP) is 4.37. The summed E-state index contributed by atoms with van der Waals surface area (Å²) in [6.45, 7) is 2.27. The Morgan fingerprint density at radius 1 is 1.17 bits per heavy atom. The first-order valence-corrected chi connectivity index (χ1v) is 8.14. The van der Waals surface area contributed by atoms with Gasteiger partial charge < -0.3 is 9.26 Å². The second kappa shape index (κ2) is 6.01. The van der Waals surface area contributed by atoms with Gasteiger partial charge in [0.1, 0.15) is 18.1 Å². The van der Waals surface area contributed by atoms with E-state index in [-0.39, 0.29) is 5.82 Å². The molecule has 0 aliphatic carbocycles. The molecule has 4 rings (SSSR count). The van der Waals surface area contributed by atoms with Crippen LogP contribution in [-0.4, -0.2) is 15.1 Å². The van der Waals surface area contributed by atoms with E-state index in [0.717, 1.165) is 10.7 Å². The van der Waals surface area contributed by atoms with Crippen molar-refractivity contribution >= 4 is 22.4 Å². The van der Waals surface area contributed by atoms with Gasteiger partial charge in [0.25, 0.3) is 5.71 Å². The third-order valence-corrected chi connectivity index (χ3v) is 4.30. The van der Waals surface area contributed by atoms with Gasteiger partial charge in [0.05, 0.1) is 16.1 Å². The van der Waals surface area contributed by atoms with Crippen LogP contribution in [-0.2, 0) is 6.61 Å². The minimum absolute atomic E-state index is 0.306. The molecule has 0 aliphatic heterocycles. The Bertz CT molecular complexity index is 1010. The van der Waals surface area contributed by atoms with E-state index in [4.69, 9.17) is 9.26 Å². The van der Waals surface area contributed by atoms with E-state index in [0.29, 0.717) is 34.8 Å². The van der Waals surface area contributed by atoms with Crippen LogP contribution in [0.15, 0.2) is 46.3 Å². The molecule has 0 amide bonds. The normalized spacial score (nSPS) is 11.1. The number of nitrogens with zero attached hydrogens (tertiary/aromatic N) is 3. The van der Waals surface area contributed by atoms with Gasteiger partial charge in [-0.3, -0.25) is 0 Å². The largest absolute Gasteiger partial charge is 0.471 e. The molecule has 5 nitrogen and oxygen atoms in total. The van der Waals surface area contributed by atoms with Crippen LogP contribution in [0, 0.1) is 12.7 Å². The second-order valence-corrected chi connectivity index (χ2v) is 6.22. The van der Waals surface area contributed by atoms with Gasteiger partial charge in [-0.2, -0.15) is 4.98 Å². The third kappa shape index (κ3) is 2.74. The van der Waals surface area contributed by atoms with Crippen LogP contribution in [0.25, 0.3) is 22.4 Å². The molecule has 0 aliphatic rings. The SMILES string of the molecule is Cc1nc(COc2ccc3c(-c4ccccc4F)noc3n2)cs1. The average Bonchev–Trinajstić information content (AvgIpc) is 3.19. The van der Waals surface area contributed by atoms with Crippen molar-refractivity contribution < 1.29 is 13.7 Å². The molecule has 0 radical (unpaired) electrons. The van der Waals surface area contributed by atoms with Gasteiger partial charge >= 0.3 is 0 Å². The molecule has 0 bridgehead atoms. The van der Waals surface area contributed by atoms with Gasteiger partial charge in [0.15, 0.2) is 0 Å². The molecular formula is C17H12FN3O2S. The molecule has 1 aromatic carbocycles. The highest BCUT2D eigenvalue weighted by atomic mass is 32.1. The van der Waals surface area contributed by atoms with E-state index < -0.39 is 0 Å². The Morgan fingerprint density at radius 3 is 2.83 bits per heavy atom. The Balaban J connectivity index is 1.62. The van der Waals surface area contributed by atoms with Gasteiger partial charge in [0, 0.05) is 17.0 Å². The van der Waals surface area contributed by atoms with Crippen LogP contribution < -0.4 is 4.74 Å². The lowest BCUT2D eigenvalue weighted by Crippen LogP contribution is -1.97. The lowest BCUT2D eigenvalue weighted by molar-refractivity contribution is 0.289. The molecule has 0 saturated heterocycles. The molecule has 0 fully saturated rings. The summed E-state index contributed by atoms with van der Waals surface area (Å²) in [7, 11) is 0. The van der Waals surface area contributed by atoms with Gasteiger partial charge in [-0.1, -0.05) is 17.3 Å². The molecule has 0 spiro atoms. The van der Waals surface area contributed by atoms with Crippen molar-refractivity contribution in [1.29, 1.82) is 0 Å². The summed E-state index contributed by atoms with van der Waals surface area (Å²) < 4.78 is 24.8. The number of hydrogen-bond acceptors (Lipinski definition) is 6. The molecule has 7 heteroatoms. The number of pyridine rings is 1. The molecule has 0 saturated carbocycles. The fraction of sp³-hybridized carbons (Fsp3) is 0.118. The van der Waals surface area contributed by atoms with Crippen molar-refractivity contribution in [2.24, 2.45) is 0 Å². The molecular weight excluding hydrogens is 329 g/mol. The van der Waals surface area contributed by atoms with Crippen LogP contribution in [0.3, 0.4) is 0 Å². The highest BCUT2D eigenvalue weighted by Gasteiger charge is 2.15. The van der Waals surface area contributed by atoms with Gasteiger partial charge in [0.2, 0.25) is 5.88 Å². The van der Waals surface area contributed by atoms with E-state index >= 15 is 0 Å². The summed E-state index contributed by atoms with van der Waals surface area (Å²) in [6, 6.07) is 9.90. The van der Waals surface area contributed by atoms with Gasteiger partial charge in [-0.15, -0.1) is 11.3 Å². The molecule has 3 aromatic heterocycles. The minimum Gasteiger partial charge on any atom is -0.471 e. The lowest BCUT2D eigenvalue weighted by atomic mass is 10.1. The summed E-state index contributed by atoms with van der Waals surface area (Å²) in [6.07, 6.45) is 0. The topological polar surface area (TPSA) is 61.0 Å². The highest BCUT2D eigenvalue weighted by Crippen LogP contribution is 2.30. The average molecular weight is 341 g/mol. The van der Waals surface area contributed by atoms with E-state index in [1.807, 2.05) is 12.3 Å². The first-order valence-electron chi connectivity index (χ1n) is 7.26. The maximum Gasteiger partial charge on any atom is 0.261 e. The van der Waals surface area contributed by atoms with Crippen molar-refractivity contribution in [1.82, 2.24) is 15.1 Å². The summed E-state index contributed by atoms with van der Waals surface area (Å²) in [5.41, 5.74) is 1.96. The Labute approximate surface area is 140 Å². The molecule has 3 heterocycles. The Hall–Kier alpha value is -2.80. The monoisotopic (exact) mass is 341 g/mol. The zero-order chi connectivity index (χ0) is 16.5. The van der Waals surface area contributed by atoms with Crippen LogP contribution in [0.5, 0.6) is 5.88 Å². The highest BCUT2D eigenvalue weighted by molar-refractivity contribution is 7.09. The summed E-state index contributed by atoms with van der Waals surface area (Å²) in [5, 5.41) is 7.51. The van der Waals surface area contributed by atoms with E-state index in [1.54, 1.807) is 41.7 Å². The molecule has 24 heavy (non-hydrogen) atoms. The molecule has 120 valence electrons. The van der Waals surface area contributed by atoms with Crippen LogP contribution in [0.2, 0.25) is 0 Å². The number of aryl methyl sites for hydroxylation is 1. The number of rotatable bonds is 4. The number of fused-ring (bicyclic) bond motifs is 1. The summed E-state index contributed by atoms with van der Waals surface area (Å²) in [4.78, 5) is 8.60. The third-order valence-electron chi connectivity index (χ3n) is 3.48. The first-order chi connectivity index (χ1) is 11.7. The van der Waals surface area contributed by atoms with E-state index in [9.17, 15) is 4.39 Å². The number of benzene rings is 1. The van der Waals surface area contributed by atoms with Crippen LogP contribution in [0.1, 0.15) is 10.7 Å². The van der Waals surface area contributed by atoms with Crippen LogP contribution in [0.4, 0.5) is 4.39 Å². The van der Waals surface area contributed by atoms with Crippen molar-refractivity contribution in [3.05, 3.63) is 58.3 Å². The molecule has 4 aromatic rings. The smallest absolute Gasteiger partial charge is 0.261 e. The van der Waals surface area contributed by atoms with Crippen molar-refractivity contribution in [2.45, 2.75) is 13.5 Å². The number of aromatic nitrogens is 3. The van der Waals surface area contributed by atoms with Gasteiger partial charge in [-0.05, 0) is 25.1 Å². The van der Waals surface area contributed by atoms with Crippen molar-refractivity contribution in [2.75, 3.05) is 0 Å². The number of ether oxygens (including phenoxy) is 1. The molecule has 0 atom stereocenters. The lowest BCUT2D eigenvalue weighted by Gasteiger charge is -2.02. The molecule has 0 N–H and O–H groups in total. The number of halogens is 1. The van der Waals surface area contributed by atoms with E-state index in [1.165, 1.54) is 6.07 Å². The van der Waals surface area contributed by atoms with Crippen LogP contribution >= 0.6 is 11.3 Å². The fourth-order valence-electron chi connectivity index (χ4n) is 2.36. The van der Waals surface area contributed by atoms with Gasteiger partial charge in [-0.25, -0.2) is 9.37 Å². The Kier molecular flexibility index (Phi) is 3.70. The van der Waals surface area contributed by atoms with E-state index in [2.05, 4.69) is 15.1 Å². The van der Waals surface area contributed by atoms with Crippen molar-refractivity contribution in [3.63, 3.8) is 0 Å². The maximum atomic E-state index is 13.9. The first kappa shape index (κ1) is 14.8. The zero-order valence-electron chi connectivity index (χ0n) is 12.7. The quantitative estimate of drug-likeness (QED) is 0.551. The summed E-state index contributed by atoms with van der Waals surface area (Å²) in [5.74, 6) is 0.0521.